The highest BCUT2D eigenvalue weighted by atomic mass is 16.5. The number of hydrogen-bond acceptors (Lipinski definition) is 5. The highest BCUT2D eigenvalue weighted by Crippen LogP contribution is 2.18. The van der Waals surface area contributed by atoms with Crippen LogP contribution < -0.4 is 4.74 Å². The van der Waals surface area contributed by atoms with E-state index in [4.69, 9.17) is 14.0 Å². The van der Waals surface area contributed by atoms with Crippen LogP contribution in [0.3, 0.4) is 0 Å². The molecule has 1 aromatic carbocycles. The SMILES string of the molecule is COC(C)CN(C)Cc1ccc(OCc2c(C)noc2C)cc1. The summed E-state index contributed by atoms with van der Waals surface area (Å²) in [6.45, 7) is 8.17. The Hall–Kier alpha value is -1.85. The molecule has 0 fully saturated rings. The number of ether oxygens (including phenoxy) is 2. The first kappa shape index (κ1) is 17.5. The number of methoxy groups -OCH3 is 1. The third-order valence-corrected chi connectivity index (χ3v) is 3.91. The van der Waals surface area contributed by atoms with Crippen molar-refractivity contribution >= 4 is 0 Å². The third kappa shape index (κ3) is 5.08. The average molecular weight is 318 g/mol. The van der Waals surface area contributed by atoms with Crippen molar-refractivity contribution in [2.45, 2.75) is 40.0 Å². The second-order valence-corrected chi connectivity index (χ2v) is 5.98. The molecule has 0 saturated carbocycles. The van der Waals surface area contributed by atoms with Crippen molar-refractivity contribution in [2.75, 3.05) is 20.7 Å². The van der Waals surface area contributed by atoms with Gasteiger partial charge < -0.3 is 14.0 Å². The Morgan fingerprint density at radius 3 is 2.48 bits per heavy atom. The molecule has 126 valence electrons. The van der Waals surface area contributed by atoms with Crippen molar-refractivity contribution in [1.82, 2.24) is 10.1 Å². The molecule has 0 aliphatic heterocycles. The van der Waals surface area contributed by atoms with Crippen molar-refractivity contribution in [3.8, 4) is 5.75 Å². The summed E-state index contributed by atoms with van der Waals surface area (Å²) >= 11 is 0. The van der Waals surface area contributed by atoms with Gasteiger partial charge in [0.1, 0.15) is 18.1 Å². The highest BCUT2D eigenvalue weighted by Gasteiger charge is 2.10. The first-order chi connectivity index (χ1) is 11.0. The van der Waals surface area contributed by atoms with E-state index in [9.17, 15) is 0 Å². The van der Waals surface area contributed by atoms with Crippen LogP contribution in [0.15, 0.2) is 28.8 Å². The van der Waals surface area contributed by atoms with Crippen LogP contribution in [-0.2, 0) is 17.9 Å². The van der Waals surface area contributed by atoms with Crippen LogP contribution in [0.4, 0.5) is 0 Å². The van der Waals surface area contributed by atoms with Gasteiger partial charge in [-0.1, -0.05) is 17.3 Å². The molecule has 5 nitrogen and oxygen atoms in total. The molecule has 0 bridgehead atoms. The number of aryl methyl sites for hydroxylation is 2. The molecule has 1 unspecified atom stereocenters. The van der Waals surface area contributed by atoms with Crippen LogP contribution in [0.2, 0.25) is 0 Å². The fourth-order valence-electron chi connectivity index (χ4n) is 2.44. The minimum absolute atomic E-state index is 0.234. The Morgan fingerprint density at radius 2 is 1.91 bits per heavy atom. The van der Waals surface area contributed by atoms with Gasteiger partial charge in [-0.05, 0) is 45.5 Å². The first-order valence-corrected chi connectivity index (χ1v) is 7.84. The zero-order valence-electron chi connectivity index (χ0n) is 14.6. The molecule has 0 aliphatic rings. The van der Waals surface area contributed by atoms with Crippen LogP contribution in [0, 0.1) is 13.8 Å². The Labute approximate surface area is 138 Å². The number of hydrogen-bond donors (Lipinski definition) is 0. The fourth-order valence-corrected chi connectivity index (χ4v) is 2.44. The molecule has 1 aromatic heterocycles. The van der Waals surface area contributed by atoms with E-state index in [1.807, 2.05) is 26.0 Å². The summed E-state index contributed by atoms with van der Waals surface area (Å²) < 4.78 is 16.3. The molecule has 1 atom stereocenters. The van der Waals surface area contributed by atoms with Gasteiger partial charge in [0, 0.05) is 20.2 Å². The standard InChI is InChI=1S/C18H26N2O3/c1-13(21-5)10-20(4)11-16-6-8-17(9-7-16)22-12-18-14(2)19-23-15(18)3/h6-9,13H,10-12H2,1-5H3. The maximum absolute atomic E-state index is 5.82. The molecule has 2 rings (SSSR count). The van der Waals surface area contributed by atoms with Crippen molar-refractivity contribution in [1.29, 1.82) is 0 Å². The predicted octanol–water partition coefficient (Wildman–Crippen LogP) is 3.34. The molecule has 0 radical (unpaired) electrons. The van der Waals surface area contributed by atoms with Crippen molar-refractivity contribution in [3.05, 3.63) is 46.8 Å². The van der Waals surface area contributed by atoms with E-state index in [1.54, 1.807) is 7.11 Å². The van der Waals surface area contributed by atoms with Crippen molar-refractivity contribution in [2.24, 2.45) is 0 Å². The Balaban J connectivity index is 1.87. The normalized spacial score (nSPS) is 12.6. The maximum atomic E-state index is 5.82. The Kier molecular flexibility index (Phi) is 6.19. The molecule has 5 heteroatoms. The van der Waals surface area contributed by atoms with Crippen LogP contribution in [-0.4, -0.2) is 36.9 Å². The van der Waals surface area contributed by atoms with E-state index in [-0.39, 0.29) is 6.10 Å². The van der Waals surface area contributed by atoms with E-state index in [1.165, 1.54) is 5.56 Å². The van der Waals surface area contributed by atoms with Gasteiger partial charge in [-0.15, -0.1) is 0 Å². The van der Waals surface area contributed by atoms with Crippen LogP contribution >= 0.6 is 0 Å². The average Bonchev–Trinajstić information content (AvgIpc) is 2.85. The number of rotatable bonds is 8. The van der Waals surface area contributed by atoms with E-state index in [0.29, 0.717) is 6.61 Å². The van der Waals surface area contributed by atoms with Gasteiger partial charge >= 0.3 is 0 Å². The molecule has 2 aromatic rings. The highest BCUT2D eigenvalue weighted by molar-refractivity contribution is 5.28. The second kappa shape index (κ2) is 8.13. The molecule has 1 heterocycles. The predicted molar refractivity (Wildman–Crippen MR) is 89.6 cm³/mol. The van der Waals surface area contributed by atoms with E-state index in [0.717, 1.165) is 35.9 Å². The summed E-state index contributed by atoms with van der Waals surface area (Å²) in [6, 6.07) is 8.19. The lowest BCUT2D eigenvalue weighted by Gasteiger charge is -2.20. The van der Waals surface area contributed by atoms with Gasteiger partial charge in [-0.3, -0.25) is 4.90 Å². The summed E-state index contributed by atoms with van der Waals surface area (Å²) in [6.07, 6.45) is 0.234. The van der Waals surface area contributed by atoms with Crippen LogP contribution in [0.1, 0.15) is 29.5 Å². The molecule has 23 heavy (non-hydrogen) atoms. The lowest BCUT2D eigenvalue weighted by molar-refractivity contribution is 0.0837. The first-order valence-electron chi connectivity index (χ1n) is 7.84. The number of aromatic nitrogens is 1. The summed E-state index contributed by atoms with van der Waals surface area (Å²) in [5.41, 5.74) is 3.15. The molecule has 0 spiro atoms. The van der Waals surface area contributed by atoms with Gasteiger partial charge in [-0.2, -0.15) is 0 Å². The summed E-state index contributed by atoms with van der Waals surface area (Å²) in [4.78, 5) is 2.24. The molecule has 0 amide bonds. The third-order valence-electron chi connectivity index (χ3n) is 3.91. The summed E-state index contributed by atoms with van der Waals surface area (Å²) in [5.74, 6) is 1.66. The van der Waals surface area contributed by atoms with Gasteiger partial charge in [0.05, 0.1) is 17.4 Å². The summed E-state index contributed by atoms with van der Waals surface area (Å²) in [7, 11) is 3.83. The largest absolute Gasteiger partial charge is 0.489 e. The van der Waals surface area contributed by atoms with Crippen LogP contribution in [0.25, 0.3) is 0 Å². The van der Waals surface area contributed by atoms with Crippen molar-refractivity contribution < 1.29 is 14.0 Å². The Bertz CT molecular complexity index is 588. The molecular weight excluding hydrogens is 292 g/mol. The second-order valence-electron chi connectivity index (χ2n) is 5.98. The summed E-state index contributed by atoms with van der Waals surface area (Å²) in [5, 5.41) is 3.94. The van der Waals surface area contributed by atoms with Crippen LogP contribution in [0.5, 0.6) is 5.75 Å². The topological polar surface area (TPSA) is 47.7 Å². The van der Waals surface area contributed by atoms with E-state index < -0.39 is 0 Å². The van der Waals surface area contributed by atoms with E-state index >= 15 is 0 Å². The monoisotopic (exact) mass is 318 g/mol. The van der Waals surface area contributed by atoms with Gasteiger partial charge in [0.2, 0.25) is 0 Å². The molecule has 0 N–H and O–H groups in total. The smallest absolute Gasteiger partial charge is 0.140 e. The van der Waals surface area contributed by atoms with E-state index in [2.05, 4.69) is 36.2 Å². The number of nitrogens with zero attached hydrogens (tertiary/aromatic N) is 2. The molecule has 0 aliphatic carbocycles. The maximum Gasteiger partial charge on any atom is 0.140 e. The zero-order valence-corrected chi connectivity index (χ0v) is 14.6. The minimum Gasteiger partial charge on any atom is -0.489 e. The molecular formula is C18H26N2O3. The molecule has 0 saturated heterocycles. The minimum atomic E-state index is 0.234. The van der Waals surface area contributed by atoms with Gasteiger partial charge in [0.15, 0.2) is 0 Å². The lowest BCUT2D eigenvalue weighted by Crippen LogP contribution is -2.28. The zero-order chi connectivity index (χ0) is 16.8. The number of likely N-dealkylation sites (N-methyl/N-ethyl adjacent to an activating group) is 1. The fraction of sp³-hybridized carbons (Fsp3) is 0.500. The Morgan fingerprint density at radius 1 is 1.22 bits per heavy atom. The lowest BCUT2D eigenvalue weighted by atomic mass is 10.2. The number of benzene rings is 1. The van der Waals surface area contributed by atoms with Gasteiger partial charge in [0.25, 0.3) is 0 Å². The van der Waals surface area contributed by atoms with Crippen molar-refractivity contribution in [3.63, 3.8) is 0 Å². The quantitative estimate of drug-likeness (QED) is 0.747. The van der Waals surface area contributed by atoms with Gasteiger partial charge in [-0.25, -0.2) is 0 Å².